The Labute approximate surface area is 119 Å². The van der Waals surface area contributed by atoms with Gasteiger partial charge in [0.1, 0.15) is 0 Å². The lowest BCUT2D eigenvalue weighted by atomic mass is 10.0. The third kappa shape index (κ3) is 2.63. The SMILES string of the molecule is Cc1nc(-c2ccc3c(c2)CCC3NC(=O)C(F)F)no1. The standard InChI is InChI=1S/C14H13F2N3O2/c1-7-17-13(19-21-7)9-2-4-10-8(6-9)3-5-11(10)18-14(20)12(15)16/h2,4,6,11-12H,3,5H2,1H3,(H,18,20). The van der Waals surface area contributed by atoms with Gasteiger partial charge in [-0.2, -0.15) is 13.8 Å². The van der Waals surface area contributed by atoms with Gasteiger partial charge < -0.3 is 9.84 Å². The highest BCUT2D eigenvalue weighted by Crippen LogP contribution is 2.33. The van der Waals surface area contributed by atoms with E-state index in [0.717, 1.165) is 16.7 Å². The molecule has 0 bridgehead atoms. The van der Waals surface area contributed by atoms with Crippen LogP contribution in [0.25, 0.3) is 11.4 Å². The molecule has 1 atom stereocenters. The summed E-state index contributed by atoms with van der Waals surface area (Å²) in [5, 5.41) is 6.21. The molecule has 0 saturated carbocycles. The average Bonchev–Trinajstić information content (AvgIpc) is 3.05. The Kier molecular flexibility index (Phi) is 3.40. The van der Waals surface area contributed by atoms with Crippen LogP contribution < -0.4 is 5.32 Å². The van der Waals surface area contributed by atoms with Crippen LogP contribution >= 0.6 is 0 Å². The Balaban J connectivity index is 1.83. The molecule has 1 aliphatic carbocycles. The lowest BCUT2D eigenvalue weighted by Gasteiger charge is -2.13. The van der Waals surface area contributed by atoms with E-state index in [1.54, 1.807) is 13.0 Å². The van der Waals surface area contributed by atoms with E-state index in [-0.39, 0.29) is 6.04 Å². The molecule has 0 aliphatic heterocycles. The van der Waals surface area contributed by atoms with Gasteiger partial charge in [0.2, 0.25) is 11.7 Å². The van der Waals surface area contributed by atoms with Gasteiger partial charge in [-0.3, -0.25) is 4.79 Å². The number of amides is 1. The van der Waals surface area contributed by atoms with E-state index in [1.165, 1.54) is 0 Å². The third-order valence-electron chi connectivity index (χ3n) is 3.52. The number of alkyl halides is 2. The first kappa shape index (κ1) is 13.7. The molecule has 3 rings (SSSR count). The minimum atomic E-state index is -2.99. The molecule has 1 amide bonds. The summed E-state index contributed by atoms with van der Waals surface area (Å²) in [4.78, 5) is 15.3. The Bertz CT molecular complexity index is 685. The van der Waals surface area contributed by atoms with Crippen LogP contribution in [-0.4, -0.2) is 22.5 Å². The summed E-state index contributed by atoms with van der Waals surface area (Å²) in [5.41, 5.74) is 2.69. The van der Waals surface area contributed by atoms with E-state index in [2.05, 4.69) is 15.5 Å². The fraction of sp³-hybridized carbons (Fsp3) is 0.357. The number of nitrogens with zero attached hydrogens (tertiary/aromatic N) is 2. The molecule has 21 heavy (non-hydrogen) atoms. The molecule has 1 unspecified atom stereocenters. The fourth-order valence-electron chi connectivity index (χ4n) is 2.56. The zero-order valence-electron chi connectivity index (χ0n) is 11.3. The molecule has 1 heterocycles. The number of fused-ring (bicyclic) bond motifs is 1. The molecule has 0 spiro atoms. The van der Waals surface area contributed by atoms with Crippen molar-refractivity contribution < 1.29 is 18.1 Å². The number of halogens is 2. The largest absolute Gasteiger partial charge is 0.344 e. The monoisotopic (exact) mass is 293 g/mol. The van der Waals surface area contributed by atoms with Crippen molar-refractivity contribution in [3.63, 3.8) is 0 Å². The number of carbonyl (C=O) groups is 1. The van der Waals surface area contributed by atoms with Gasteiger partial charge >= 0.3 is 6.43 Å². The molecule has 0 saturated heterocycles. The molecule has 1 aromatic heterocycles. The molecule has 0 fully saturated rings. The number of rotatable bonds is 3. The van der Waals surface area contributed by atoms with Crippen molar-refractivity contribution in [1.29, 1.82) is 0 Å². The maximum Gasteiger partial charge on any atom is 0.315 e. The Morgan fingerprint density at radius 2 is 2.29 bits per heavy atom. The van der Waals surface area contributed by atoms with Gasteiger partial charge in [0.15, 0.2) is 0 Å². The molecule has 7 heteroatoms. The van der Waals surface area contributed by atoms with Crippen LogP contribution in [0.15, 0.2) is 22.7 Å². The second kappa shape index (κ2) is 5.23. The van der Waals surface area contributed by atoms with E-state index >= 15 is 0 Å². The van der Waals surface area contributed by atoms with E-state index in [1.807, 2.05) is 12.1 Å². The maximum absolute atomic E-state index is 12.3. The minimum absolute atomic E-state index is 0.359. The number of benzene rings is 1. The fourth-order valence-corrected chi connectivity index (χ4v) is 2.56. The highest BCUT2D eigenvalue weighted by Gasteiger charge is 2.27. The van der Waals surface area contributed by atoms with E-state index < -0.39 is 12.3 Å². The van der Waals surface area contributed by atoms with Crippen molar-refractivity contribution in [2.75, 3.05) is 0 Å². The molecular formula is C14H13F2N3O2. The van der Waals surface area contributed by atoms with Crippen LogP contribution in [-0.2, 0) is 11.2 Å². The van der Waals surface area contributed by atoms with Crippen molar-refractivity contribution in [1.82, 2.24) is 15.5 Å². The predicted molar refractivity (Wildman–Crippen MR) is 69.7 cm³/mol. The van der Waals surface area contributed by atoms with Crippen LogP contribution in [0.4, 0.5) is 8.78 Å². The Morgan fingerprint density at radius 1 is 1.48 bits per heavy atom. The second-order valence-corrected chi connectivity index (χ2v) is 4.95. The van der Waals surface area contributed by atoms with Crippen LogP contribution in [0, 0.1) is 6.92 Å². The van der Waals surface area contributed by atoms with E-state index in [9.17, 15) is 13.6 Å². The molecule has 2 aromatic rings. The van der Waals surface area contributed by atoms with Crippen LogP contribution in [0.3, 0.4) is 0 Å². The first-order valence-corrected chi connectivity index (χ1v) is 6.56. The van der Waals surface area contributed by atoms with Gasteiger partial charge in [-0.1, -0.05) is 17.3 Å². The topological polar surface area (TPSA) is 68.0 Å². The number of carbonyl (C=O) groups excluding carboxylic acids is 1. The molecule has 1 aliphatic rings. The van der Waals surface area contributed by atoms with Crippen molar-refractivity contribution in [3.8, 4) is 11.4 Å². The van der Waals surface area contributed by atoms with Crippen LogP contribution in [0.1, 0.15) is 29.5 Å². The molecule has 1 N–H and O–H groups in total. The lowest BCUT2D eigenvalue weighted by molar-refractivity contribution is -0.132. The summed E-state index contributed by atoms with van der Waals surface area (Å²) in [6, 6.07) is 5.17. The highest BCUT2D eigenvalue weighted by molar-refractivity contribution is 5.79. The first-order chi connectivity index (χ1) is 10.0. The van der Waals surface area contributed by atoms with Gasteiger partial charge in [0.25, 0.3) is 5.91 Å². The Hall–Kier alpha value is -2.31. The molecule has 0 radical (unpaired) electrons. The van der Waals surface area contributed by atoms with E-state index in [0.29, 0.717) is 24.6 Å². The van der Waals surface area contributed by atoms with Gasteiger partial charge in [-0.25, -0.2) is 0 Å². The average molecular weight is 293 g/mol. The number of aryl methyl sites for hydroxylation is 2. The van der Waals surface area contributed by atoms with Crippen molar-refractivity contribution in [3.05, 3.63) is 35.2 Å². The number of hydrogen-bond acceptors (Lipinski definition) is 4. The molecule has 1 aromatic carbocycles. The number of aromatic nitrogens is 2. The van der Waals surface area contributed by atoms with Crippen molar-refractivity contribution in [2.24, 2.45) is 0 Å². The predicted octanol–water partition coefficient (Wildman–Crippen LogP) is 2.41. The first-order valence-electron chi connectivity index (χ1n) is 6.56. The zero-order valence-corrected chi connectivity index (χ0v) is 11.3. The summed E-state index contributed by atoms with van der Waals surface area (Å²) in [6.07, 6.45) is -1.66. The maximum atomic E-state index is 12.3. The third-order valence-corrected chi connectivity index (χ3v) is 3.52. The van der Waals surface area contributed by atoms with Crippen LogP contribution in [0.5, 0.6) is 0 Å². The molecular weight excluding hydrogens is 280 g/mol. The second-order valence-electron chi connectivity index (χ2n) is 4.95. The lowest BCUT2D eigenvalue weighted by Crippen LogP contribution is -2.32. The zero-order chi connectivity index (χ0) is 15.0. The van der Waals surface area contributed by atoms with Gasteiger partial charge in [0.05, 0.1) is 6.04 Å². The molecule has 5 nitrogen and oxygen atoms in total. The minimum Gasteiger partial charge on any atom is -0.344 e. The number of hydrogen-bond donors (Lipinski definition) is 1. The molecule has 110 valence electrons. The van der Waals surface area contributed by atoms with Gasteiger partial charge in [-0.15, -0.1) is 0 Å². The Morgan fingerprint density at radius 3 is 2.95 bits per heavy atom. The summed E-state index contributed by atoms with van der Waals surface area (Å²) >= 11 is 0. The smallest absolute Gasteiger partial charge is 0.315 e. The summed E-state index contributed by atoms with van der Waals surface area (Å²) in [6.45, 7) is 1.71. The van der Waals surface area contributed by atoms with Crippen LogP contribution in [0.2, 0.25) is 0 Å². The normalized spacial score (nSPS) is 17.0. The van der Waals surface area contributed by atoms with Gasteiger partial charge in [-0.05, 0) is 30.0 Å². The summed E-state index contributed by atoms with van der Waals surface area (Å²) in [5.74, 6) is -0.256. The highest BCUT2D eigenvalue weighted by atomic mass is 19.3. The van der Waals surface area contributed by atoms with Gasteiger partial charge in [0, 0.05) is 12.5 Å². The summed E-state index contributed by atoms with van der Waals surface area (Å²) in [7, 11) is 0. The van der Waals surface area contributed by atoms with E-state index in [4.69, 9.17) is 4.52 Å². The van der Waals surface area contributed by atoms with Crippen molar-refractivity contribution >= 4 is 5.91 Å². The van der Waals surface area contributed by atoms with Crippen molar-refractivity contribution in [2.45, 2.75) is 32.2 Å². The number of nitrogens with one attached hydrogen (secondary N) is 1. The summed E-state index contributed by atoms with van der Waals surface area (Å²) < 4.78 is 29.5. The quantitative estimate of drug-likeness (QED) is 0.943.